The van der Waals surface area contributed by atoms with Crippen molar-refractivity contribution < 1.29 is 14.3 Å². The SMILES string of the molecule is C[C@@H]1CCc2sc(C(=O)OCC(=O)N3CC[C@@H](C)Sc4ccccc43)cc2C1. The lowest BCUT2D eigenvalue weighted by atomic mass is 9.90. The first-order valence-electron chi connectivity index (χ1n) is 9.86. The second-order valence-corrected chi connectivity index (χ2v) is 10.3. The number of carbonyl (C=O) groups is 2. The van der Waals surface area contributed by atoms with Crippen LogP contribution < -0.4 is 4.90 Å². The van der Waals surface area contributed by atoms with Crippen LogP contribution in [0.4, 0.5) is 5.69 Å². The number of amides is 1. The van der Waals surface area contributed by atoms with Crippen molar-refractivity contribution in [3.63, 3.8) is 0 Å². The molecule has 4 nitrogen and oxygen atoms in total. The average Bonchev–Trinajstić information content (AvgIpc) is 3.02. The zero-order valence-corrected chi connectivity index (χ0v) is 17.9. The van der Waals surface area contributed by atoms with Crippen LogP contribution in [0.5, 0.6) is 0 Å². The Kier molecular flexibility index (Phi) is 5.78. The van der Waals surface area contributed by atoms with Crippen molar-refractivity contribution >= 4 is 40.7 Å². The number of nitrogens with zero attached hydrogens (tertiary/aromatic N) is 1. The first kappa shape index (κ1) is 19.5. The summed E-state index contributed by atoms with van der Waals surface area (Å²) in [6, 6.07) is 9.91. The number of anilines is 1. The molecule has 0 unspecified atom stereocenters. The van der Waals surface area contributed by atoms with Crippen molar-refractivity contribution in [3.8, 4) is 0 Å². The van der Waals surface area contributed by atoms with Gasteiger partial charge in [-0.25, -0.2) is 4.79 Å². The Morgan fingerprint density at radius 2 is 2.04 bits per heavy atom. The van der Waals surface area contributed by atoms with Crippen LogP contribution in [0.2, 0.25) is 0 Å². The van der Waals surface area contributed by atoms with Crippen LogP contribution >= 0.6 is 23.1 Å². The Labute approximate surface area is 174 Å². The molecule has 148 valence electrons. The van der Waals surface area contributed by atoms with Crippen LogP contribution in [0.3, 0.4) is 0 Å². The van der Waals surface area contributed by atoms with E-state index in [4.69, 9.17) is 4.74 Å². The largest absolute Gasteiger partial charge is 0.451 e. The molecule has 6 heteroatoms. The number of thiophene rings is 1. The highest BCUT2D eigenvalue weighted by atomic mass is 32.2. The Hall–Kier alpha value is -1.79. The predicted molar refractivity (Wildman–Crippen MR) is 115 cm³/mol. The molecular weight excluding hydrogens is 390 g/mol. The third-order valence-corrected chi connectivity index (χ3v) is 7.86. The molecule has 1 aromatic heterocycles. The van der Waals surface area contributed by atoms with E-state index in [2.05, 4.69) is 13.8 Å². The lowest BCUT2D eigenvalue weighted by Gasteiger charge is -2.22. The van der Waals surface area contributed by atoms with Gasteiger partial charge in [0.25, 0.3) is 5.91 Å². The van der Waals surface area contributed by atoms with Gasteiger partial charge in [0.2, 0.25) is 0 Å². The van der Waals surface area contributed by atoms with Gasteiger partial charge in [0.05, 0.1) is 5.69 Å². The lowest BCUT2D eigenvalue weighted by molar-refractivity contribution is -0.121. The van der Waals surface area contributed by atoms with E-state index in [1.54, 1.807) is 16.7 Å². The van der Waals surface area contributed by atoms with Crippen LogP contribution in [0.15, 0.2) is 35.2 Å². The number of benzene rings is 1. The fourth-order valence-corrected chi connectivity index (χ4v) is 6.04. The van der Waals surface area contributed by atoms with Crippen molar-refractivity contribution in [1.29, 1.82) is 0 Å². The minimum absolute atomic E-state index is 0.162. The van der Waals surface area contributed by atoms with E-state index in [1.165, 1.54) is 28.2 Å². The Balaban J connectivity index is 1.42. The van der Waals surface area contributed by atoms with Crippen molar-refractivity contribution in [3.05, 3.63) is 45.6 Å². The summed E-state index contributed by atoms with van der Waals surface area (Å²) in [5, 5.41) is 0.446. The predicted octanol–water partition coefficient (Wildman–Crippen LogP) is 4.95. The Morgan fingerprint density at radius 1 is 1.21 bits per heavy atom. The number of carbonyl (C=O) groups excluding carboxylic acids is 2. The molecule has 0 spiro atoms. The number of thioether (sulfide) groups is 1. The number of esters is 1. The van der Waals surface area contributed by atoms with Crippen LogP contribution in [0.25, 0.3) is 0 Å². The summed E-state index contributed by atoms with van der Waals surface area (Å²) < 4.78 is 5.40. The van der Waals surface area contributed by atoms with Crippen molar-refractivity contribution in [2.24, 2.45) is 5.92 Å². The van der Waals surface area contributed by atoms with Gasteiger partial charge < -0.3 is 9.64 Å². The van der Waals surface area contributed by atoms with Gasteiger partial charge in [0, 0.05) is 21.6 Å². The molecule has 2 atom stereocenters. The van der Waals surface area contributed by atoms with Crippen molar-refractivity contribution in [1.82, 2.24) is 0 Å². The summed E-state index contributed by atoms with van der Waals surface area (Å²) in [5.74, 6) is 0.118. The Bertz CT molecular complexity index is 892. The maximum atomic E-state index is 12.8. The summed E-state index contributed by atoms with van der Waals surface area (Å²) in [6.45, 7) is 4.85. The number of ether oxygens (including phenoxy) is 1. The van der Waals surface area contributed by atoms with E-state index in [-0.39, 0.29) is 18.5 Å². The van der Waals surface area contributed by atoms with Gasteiger partial charge in [-0.2, -0.15) is 0 Å². The minimum atomic E-state index is -0.383. The smallest absolute Gasteiger partial charge is 0.348 e. The molecule has 4 rings (SSSR count). The van der Waals surface area contributed by atoms with Crippen molar-refractivity contribution in [2.75, 3.05) is 18.1 Å². The zero-order chi connectivity index (χ0) is 19.7. The normalized spacial score (nSPS) is 21.4. The van der Waals surface area contributed by atoms with Gasteiger partial charge in [-0.15, -0.1) is 23.1 Å². The molecule has 1 aliphatic carbocycles. The van der Waals surface area contributed by atoms with Crippen LogP contribution in [0, 0.1) is 5.92 Å². The summed E-state index contributed by atoms with van der Waals surface area (Å²) in [4.78, 5) is 30.1. The molecule has 28 heavy (non-hydrogen) atoms. The molecule has 0 saturated heterocycles. The van der Waals surface area contributed by atoms with Crippen LogP contribution in [-0.2, 0) is 22.4 Å². The molecule has 1 aliphatic heterocycles. The molecule has 0 saturated carbocycles. The van der Waals surface area contributed by atoms with E-state index in [0.717, 1.165) is 29.8 Å². The molecule has 2 aliphatic rings. The second kappa shape index (κ2) is 8.29. The quantitative estimate of drug-likeness (QED) is 0.666. The van der Waals surface area contributed by atoms with E-state index in [0.29, 0.717) is 22.6 Å². The van der Waals surface area contributed by atoms with E-state index in [9.17, 15) is 9.59 Å². The first-order valence-corrected chi connectivity index (χ1v) is 11.6. The number of hydrogen-bond donors (Lipinski definition) is 0. The first-order chi connectivity index (χ1) is 13.5. The fourth-order valence-electron chi connectivity index (χ4n) is 3.83. The summed E-state index contributed by atoms with van der Waals surface area (Å²) in [6.07, 6.45) is 4.15. The third-order valence-electron chi connectivity index (χ3n) is 5.40. The third kappa shape index (κ3) is 4.13. The highest BCUT2D eigenvalue weighted by molar-refractivity contribution is 8.00. The molecule has 0 N–H and O–H groups in total. The average molecular weight is 416 g/mol. The second-order valence-electron chi connectivity index (χ2n) is 7.71. The molecule has 0 radical (unpaired) electrons. The van der Waals surface area contributed by atoms with Gasteiger partial charge in [-0.3, -0.25) is 4.79 Å². The highest BCUT2D eigenvalue weighted by Crippen LogP contribution is 2.37. The summed E-state index contributed by atoms with van der Waals surface area (Å²) >= 11 is 3.31. The standard InChI is InChI=1S/C22H25NO3S2/c1-14-7-8-18-16(11-14)12-20(28-18)22(25)26-13-21(24)23-10-9-15(2)27-19-6-4-3-5-17(19)23/h3-6,12,14-15H,7-11,13H2,1-2H3/t14-,15-/m1/s1. The van der Waals surface area contributed by atoms with Gasteiger partial charge in [-0.1, -0.05) is 26.0 Å². The number of fused-ring (bicyclic) bond motifs is 2. The summed E-state index contributed by atoms with van der Waals surface area (Å²) in [5.41, 5.74) is 2.19. The maximum absolute atomic E-state index is 12.8. The molecule has 2 aromatic rings. The number of hydrogen-bond acceptors (Lipinski definition) is 5. The molecule has 2 heterocycles. The summed E-state index contributed by atoms with van der Waals surface area (Å²) in [7, 11) is 0. The maximum Gasteiger partial charge on any atom is 0.348 e. The molecule has 1 amide bonds. The van der Waals surface area contributed by atoms with Crippen LogP contribution in [-0.4, -0.2) is 30.3 Å². The van der Waals surface area contributed by atoms with Gasteiger partial charge in [-0.05, 0) is 55.4 Å². The minimum Gasteiger partial charge on any atom is -0.451 e. The van der Waals surface area contributed by atoms with E-state index >= 15 is 0 Å². The number of aryl methyl sites for hydroxylation is 1. The highest BCUT2D eigenvalue weighted by Gasteiger charge is 2.26. The molecule has 0 fully saturated rings. The van der Waals surface area contributed by atoms with E-state index in [1.807, 2.05) is 30.3 Å². The molecular formula is C22H25NO3S2. The van der Waals surface area contributed by atoms with Gasteiger partial charge in [0.1, 0.15) is 4.88 Å². The van der Waals surface area contributed by atoms with Crippen LogP contribution in [0.1, 0.15) is 46.8 Å². The topological polar surface area (TPSA) is 46.6 Å². The monoisotopic (exact) mass is 415 g/mol. The fraction of sp³-hybridized carbons (Fsp3) is 0.455. The molecule has 0 bridgehead atoms. The number of rotatable bonds is 3. The number of para-hydroxylation sites is 1. The lowest BCUT2D eigenvalue weighted by Crippen LogP contribution is -2.35. The van der Waals surface area contributed by atoms with Gasteiger partial charge in [0.15, 0.2) is 6.61 Å². The molecule has 1 aromatic carbocycles. The van der Waals surface area contributed by atoms with Gasteiger partial charge >= 0.3 is 5.97 Å². The Morgan fingerprint density at radius 3 is 2.89 bits per heavy atom. The van der Waals surface area contributed by atoms with E-state index < -0.39 is 0 Å². The zero-order valence-electron chi connectivity index (χ0n) is 16.3. The van der Waals surface area contributed by atoms with Crippen molar-refractivity contribution in [2.45, 2.75) is 49.7 Å².